The van der Waals surface area contributed by atoms with Crippen molar-refractivity contribution in [3.8, 4) is 11.4 Å². The number of hydrogen-bond acceptors (Lipinski definition) is 5. The molecule has 19 heavy (non-hydrogen) atoms. The fourth-order valence-electron chi connectivity index (χ4n) is 1.58. The Hall–Kier alpha value is -1.59. The molecule has 0 unspecified atom stereocenters. The maximum absolute atomic E-state index is 5.48. The van der Waals surface area contributed by atoms with E-state index in [-0.39, 0.29) is 4.75 Å². The number of nitrogens with two attached hydrogens (primary N) is 1. The number of nitrogens with zero attached hydrogens (tertiary/aromatic N) is 2. The first-order valence-electron chi connectivity index (χ1n) is 6.08. The molecule has 0 bridgehead atoms. The van der Waals surface area contributed by atoms with Gasteiger partial charge < -0.3 is 5.43 Å². The molecule has 2 aromatic rings. The van der Waals surface area contributed by atoms with E-state index in [1.165, 1.54) is 0 Å². The molecule has 100 valence electrons. The summed E-state index contributed by atoms with van der Waals surface area (Å²) < 4.78 is 0.0914. The standard InChI is InChI=1S/C14H18N4S/c1-14(2,3)19-12-9-11(18-15)16-13(17-12)10-7-5-4-6-8-10/h4-9H,15H2,1-3H3,(H,16,17,18). The predicted octanol–water partition coefficient (Wildman–Crippen LogP) is 3.32. The van der Waals surface area contributed by atoms with Crippen LogP contribution in [0.25, 0.3) is 11.4 Å². The zero-order valence-corrected chi connectivity index (χ0v) is 12.2. The Kier molecular flexibility index (Phi) is 4.07. The minimum atomic E-state index is 0.0914. The van der Waals surface area contributed by atoms with Crippen LogP contribution in [0, 0.1) is 0 Å². The average molecular weight is 274 g/mol. The molecule has 0 saturated heterocycles. The lowest BCUT2D eigenvalue weighted by Crippen LogP contribution is -2.12. The number of nitrogens with one attached hydrogen (secondary N) is 1. The van der Waals surface area contributed by atoms with Crippen LogP contribution < -0.4 is 11.3 Å². The number of hydrazine groups is 1. The molecule has 1 heterocycles. The van der Waals surface area contributed by atoms with E-state index in [0.717, 1.165) is 10.6 Å². The van der Waals surface area contributed by atoms with E-state index in [9.17, 15) is 0 Å². The number of hydrogen-bond donors (Lipinski definition) is 2. The van der Waals surface area contributed by atoms with E-state index in [2.05, 4.69) is 36.2 Å². The number of benzene rings is 1. The number of thioether (sulfide) groups is 1. The summed E-state index contributed by atoms with van der Waals surface area (Å²) >= 11 is 1.69. The highest BCUT2D eigenvalue weighted by Crippen LogP contribution is 2.32. The van der Waals surface area contributed by atoms with Crippen LogP contribution in [0.1, 0.15) is 20.8 Å². The topological polar surface area (TPSA) is 63.8 Å². The summed E-state index contributed by atoms with van der Waals surface area (Å²) in [6.45, 7) is 6.45. The minimum absolute atomic E-state index is 0.0914. The molecule has 4 nitrogen and oxygen atoms in total. The quantitative estimate of drug-likeness (QED) is 0.389. The van der Waals surface area contributed by atoms with Crippen LogP contribution in [0.4, 0.5) is 5.82 Å². The summed E-state index contributed by atoms with van der Waals surface area (Å²) in [5.41, 5.74) is 3.58. The van der Waals surface area contributed by atoms with Crippen LogP contribution in [0.2, 0.25) is 0 Å². The van der Waals surface area contributed by atoms with Crippen molar-refractivity contribution in [1.29, 1.82) is 0 Å². The molecule has 0 fully saturated rings. The van der Waals surface area contributed by atoms with Gasteiger partial charge in [0.2, 0.25) is 0 Å². The molecule has 1 aromatic heterocycles. The molecule has 0 amide bonds. The number of rotatable bonds is 3. The van der Waals surface area contributed by atoms with Crippen LogP contribution in [0.3, 0.4) is 0 Å². The molecule has 0 aliphatic heterocycles. The molecular weight excluding hydrogens is 256 g/mol. The highest BCUT2D eigenvalue weighted by atomic mass is 32.2. The summed E-state index contributed by atoms with van der Waals surface area (Å²) in [5.74, 6) is 6.79. The molecule has 5 heteroatoms. The second kappa shape index (κ2) is 5.59. The fourth-order valence-corrected chi connectivity index (χ4v) is 2.51. The molecule has 0 spiro atoms. The lowest BCUT2D eigenvalue weighted by molar-refractivity contribution is 0.799. The van der Waals surface area contributed by atoms with Crippen LogP contribution in [0.15, 0.2) is 41.4 Å². The third-order valence-corrected chi connectivity index (χ3v) is 3.32. The second-order valence-corrected chi connectivity index (χ2v) is 6.99. The maximum atomic E-state index is 5.48. The Morgan fingerprint density at radius 3 is 2.37 bits per heavy atom. The molecule has 0 saturated carbocycles. The maximum Gasteiger partial charge on any atom is 0.162 e. The Bertz CT molecular complexity index is 549. The molecule has 1 aromatic carbocycles. The Labute approximate surface area is 117 Å². The summed E-state index contributed by atoms with van der Waals surface area (Å²) in [7, 11) is 0. The molecule has 0 aliphatic carbocycles. The lowest BCUT2D eigenvalue weighted by atomic mass is 10.2. The smallest absolute Gasteiger partial charge is 0.162 e. The first kappa shape index (κ1) is 13.8. The average Bonchev–Trinajstić information content (AvgIpc) is 2.37. The molecule has 3 N–H and O–H groups in total. The van der Waals surface area contributed by atoms with Gasteiger partial charge in [0.15, 0.2) is 5.82 Å². The highest BCUT2D eigenvalue weighted by molar-refractivity contribution is 8.00. The normalized spacial score (nSPS) is 11.4. The lowest BCUT2D eigenvalue weighted by Gasteiger charge is -2.17. The van der Waals surface area contributed by atoms with Crippen LogP contribution >= 0.6 is 11.8 Å². The van der Waals surface area contributed by atoms with E-state index in [4.69, 9.17) is 5.84 Å². The van der Waals surface area contributed by atoms with Crippen LogP contribution in [0.5, 0.6) is 0 Å². The van der Waals surface area contributed by atoms with Crippen molar-refractivity contribution in [3.63, 3.8) is 0 Å². The van der Waals surface area contributed by atoms with E-state index < -0.39 is 0 Å². The summed E-state index contributed by atoms with van der Waals surface area (Å²) in [6.07, 6.45) is 0. The van der Waals surface area contributed by atoms with Gasteiger partial charge in [0.05, 0.1) is 0 Å². The van der Waals surface area contributed by atoms with Gasteiger partial charge in [-0.15, -0.1) is 11.8 Å². The van der Waals surface area contributed by atoms with Gasteiger partial charge in [0.1, 0.15) is 10.8 Å². The van der Waals surface area contributed by atoms with Gasteiger partial charge in [0, 0.05) is 16.4 Å². The van der Waals surface area contributed by atoms with Gasteiger partial charge >= 0.3 is 0 Å². The zero-order chi connectivity index (χ0) is 13.9. The minimum Gasteiger partial charge on any atom is -0.308 e. The number of nitrogen functional groups attached to an aromatic ring is 1. The zero-order valence-electron chi connectivity index (χ0n) is 11.3. The monoisotopic (exact) mass is 274 g/mol. The first-order chi connectivity index (χ1) is 8.98. The molecule has 2 rings (SSSR count). The Morgan fingerprint density at radius 2 is 1.79 bits per heavy atom. The third kappa shape index (κ3) is 3.94. The van der Waals surface area contributed by atoms with Crippen molar-refractivity contribution in [1.82, 2.24) is 9.97 Å². The van der Waals surface area contributed by atoms with E-state index >= 15 is 0 Å². The largest absolute Gasteiger partial charge is 0.308 e. The van der Waals surface area contributed by atoms with Crippen molar-refractivity contribution in [3.05, 3.63) is 36.4 Å². The molecule has 0 atom stereocenters. The van der Waals surface area contributed by atoms with Gasteiger partial charge in [-0.2, -0.15) is 0 Å². The van der Waals surface area contributed by atoms with E-state index in [0.29, 0.717) is 11.6 Å². The Balaban J connectivity index is 2.42. The second-order valence-electron chi connectivity index (χ2n) is 5.14. The third-order valence-electron chi connectivity index (χ3n) is 2.29. The summed E-state index contributed by atoms with van der Waals surface area (Å²) in [5, 5.41) is 0.911. The molecular formula is C14H18N4S. The van der Waals surface area contributed by atoms with Crippen molar-refractivity contribution < 1.29 is 0 Å². The van der Waals surface area contributed by atoms with Gasteiger partial charge in [-0.25, -0.2) is 15.8 Å². The number of aromatic nitrogens is 2. The number of anilines is 1. The first-order valence-corrected chi connectivity index (χ1v) is 6.90. The SMILES string of the molecule is CC(C)(C)Sc1cc(NN)nc(-c2ccccc2)n1. The van der Waals surface area contributed by atoms with Gasteiger partial charge in [-0.1, -0.05) is 51.1 Å². The van der Waals surface area contributed by atoms with Crippen molar-refractivity contribution in [2.24, 2.45) is 5.84 Å². The molecule has 0 aliphatic rings. The van der Waals surface area contributed by atoms with Crippen LogP contribution in [-0.4, -0.2) is 14.7 Å². The van der Waals surface area contributed by atoms with E-state index in [1.807, 2.05) is 36.4 Å². The predicted molar refractivity (Wildman–Crippen MR) is 80.9 cm³/mol. The van der Waals surface area contributed by atoms with E-state index in [1.54, 1.807) is 11.8 Å². The van der Waals surface area contributed by atoms with Crippen molar-refractivity contribution >= 4 is 17.6 Å². The summed E-state index contributed by atoms with van der Waals surface area (Å²) in [4.78, 5) is 8.98. The van der Waals surface area contributed by atoms with Gasteiger partial charge in [-0.05, 0) is 0 Å². The summed E-state index contributed by atoms with van der Waals surface area (Å²) in [6, 6.07) is 11.7. The fraction of sp³-hybridized carbons (Fsp3) is 0.286. The highest BCUT2D eigenvalue weighted by Gasteiger charge is 2.15. The van der Waals surface area contributed by atoms with Gasteiger partial charge in [-0.3, -0.25) is 0 Å². The van der Waals surface area contributed by atoms with Crippen molar-refractivity contribution in [2.75, 3.05) is 5.43 Å². The van der Waals surface area contributed by atoms with Crippen LogP contribution in [-0.2, 0) is 0 Å². The molecule has 0 radical (unpaired) electrons. The Morgan fingerprint density at radius 1 is 1.11 bits per heavy atom. The van der Waals surface area contributed by atoms with Crippen molar-refractivity contribution in [2.45, 2.75) is 30.5 Å². The van der Waals surface area contributed by atoms with Gasteiger partial charge in [0.25, 0.3) is 0 Å².